The maximum atomic E-state index is 6.27. The van der Waals surface area contributed by atoms with Gasteiger partial charge in [-0.2, -0.15) is 0 Å². The molecule has 2 heterocycles. The number of ether oxygens (including phenoxy) is 1. The van der Waals surface area contributed by atoms with Gasteiger partial charge in [-0.3, -0.25) is 4.67 Å². The van der Waals surface area contributed by atoms with E-state index in [-0.39, 0.29) is 0 Å². The lowest BCUT2D eigenvalue weighted by atomic mass is 10.0. The van der Waals surface area contributed by atoms with E-state index in [2.05, 4.69) is 66.2 Å². The van der Waals surface area contributed by atoms with E-state index >= 15 is 0 Å². The first-order chi connectivity index (χ1) is 13.9. The molecule has 2 aliphatic heterocycles. The predicted octanol–water partition coefficient (Wildman–Crippen LogP) is 7.37. The van der Waals surface area contributed by atoms with Gasteiger partial charge < -0.3 is 14.1 Å². The fraction of sp³-hybridized carbons (Fsp3) is 0.478. The summed E-state index contributed by atoms with van der Waals surface area (Å²) in [4.78, 5) is 0. The third-order valence-corrected chi connectivity index (χ3v) is 8.38. The monoisotopic (exact) mass is 431 g/mol. The van der Waals surface area contributed by atoms with Crippen molar-refractivity contribution in [2.45, 2.75) is 46.0 Å². The summed E-state index contributed by atoms with van der Waals surface area (Å²) >= 11 is 6.27. The molecule has 0 fully saturated rings. The van der Waals surface area contributed by atoms with E-state index in [1.54, 1.807) is 7.11 Å². The highest BCUT2D eigenvalue weighted by Crippen LogP contribution is 2.72. The van der Waals surface area contributed by atoms with E-state index < -0.39 is 8.37 Å². The highest BCUT2D eigenvalue weighted by molar-refractivity contribution is 7.64. The summed E-state index contributed by atoms with van der Waals surface area (Å²) in [5.74, 6) is 1.77. The average molecular weight is 432 g/mol. The number of fused-ring (bicyclic) bond motifs is 5. The molecule has 0 aromatic heterocycles. The maximum absolute atomic E-state index is 6.27. The molecule has 0 N–H and O–H groups in total. The number of methoxy groups -OCH3 is 1. The fourth-order valence-electron chi connectivity index (χ4n) is 4.37. The predicted molar refractivity (Wildman–Crippen MR) is 127 cm³/mol. The van der Waals surface area contributed by atoms with Gasteiger partial charge in [-0.05, 0) is 54.7 Å². The molecule has 2 aromatic carbocycles. The molecule has 29 heavy (non-hydrogen) atoms. The molecule has 6 heteroatoms. The molecule has 0 saturated heterocycles. The van der Waals surface area contributed by atoms with Crippen LogP contribution in [0.1, 0.15) is 45.1 Å². The Kier molecular flexibility index (Phi) is 5.86. The summed E-state index contributed by atoms with van der Waals surface area (Å²) in [7, 11) is 5.46. The zero-order chi connectivity index (χ0) is 20.7. The van der Waals surface area contributed by atoms with Crippen LogP contribution >= 0.6 is 20.0 Å². The van der Waals surface area contributed by atoms with Gasteiger partial charge in [0.15, 0.2) is 0 Å². The lowest BCUT2D eigenvalue weighted by Gasteiger charge is -2.28. The Morgan fingerprint density at radius 1 is 0.966 bits per heavy atom. The number of unbranched alkanes of at least 4 members (excludes halogenated alkanes) is 2. The van der Waals surface area contributed by atoms with Crippen molar-refractivity contribution >= 4 is 42.7 Å². The number of nitrogens with zero attached hydrogens (tertiary/aromatic N) is 3. The summed E-state index contributed by atoms with van der Waals surface area (Å²) in [5.41, 5.74) is 6.19. The molecule has 156 valence electrons. The molecular formula is C23H31ClN3OP. The van der Waals surface area contributed by atoms with Crippen molar-refractivity contribution in [1.82, 2.24) is 0 Å². The average Bonchev–Trinajstić information content (AvgIpc) is 3.14. The Bertz CT molecular complexity index is 904. The molecule has 1 atom stereocenters. The second-order valence-electron chi connectivity index (χ2n) is 8.42. The smallest absolute Gasteiger partial charge is 0.213 e. The van der Waals surface area contributed by atoms with E-state index in [1.165, 1.54) is 54.0 Å². The van der Waals surface area contributed by atoms with Crippen LogP contribution in [0.25, 0.3) is 0 Å². The van der Waals surface area contributed by atoms with Gasteiger partial charge in [0.25, 0.3) is 0 Å². The summed E-state index contributed by atoms with van der Waals surface area (Å²) in [6.45, 7) is 4.61. The van der Waals surface area contributed by atoms with Crippen molar-refractivity contribution in [2.75, 3.05) is 35.2 Å². The second kappa shape index (κ2) is 8.24. The van der Waals surface area contributed by atoms with E-state index in [9.17, 15) is 0 Å². The number of rotatable bonds is 7. The number of hydrogen-bond donors (Lipinski definition) is 0. The third-order valence-electron chi connectivity index (χ3n) is 5.87. The summed E-state index contributed by atoms with van der Waals surface area (Å²) in [6.07, 6.45) is 6.28. The summed E-state index contributed by atoms with van der Waals surface area (Å²) in [6, 6.07) is 10.8. The van der Waals surface area contributed by atoms with Crippen LogP contribution in [0, 0.1) is 5.92 Å². The maximum Gasteiger partial charge on any atom is 0.213 e. The van der Waals surface area contributed by atoms with Crippen molar-refractivity contribution in [3.63, 3.8) is 0 Å². The van der Waals surface area contributed by atoms with Crippen molar-refractivity contribution in [2.24, 2.45) is 5.92 Å². The van der Waals surface area contributed by atoms with Crippen molar-refractivity contribution in [1.29, 1.82) is 0 Å². The highest BCUT2D eigenvalue weighted by atomic mass is 35.5. The van der Waals surface area contributed by atoms with Gasteiger partial charge in [0, 0.05) is 19.1 Å². The van der Waals surface area contributed by atoms with Gasteiger partial charge in [-0.1, -0.05) is 44.7 Å². The molecule has 4 rings (SSSR count). The van der Waals surface area contributed by atoms with Crippen LogP contribution in [-0.2, 0) is 6.42 Å². The Hall–Kier alpha value is -1.64. The number of halogens is 1. The van der Waals surface area contributed by atoms with Gasteiger partial charge in [-0.25, -0.2) is 0 Å². The van der Waals surface area contributed by atoms with Crippen molar-refractivity contribution in [3.05, 3.63) is 40.9 Å². The Morgan fingerprint density at radius 2 is 1.72 bits per heavy atom. The molecular weight excluding hydrogens is 401 g/mol. The van der Waals surface area contributed by atoms with Crippen LogP contribution in [-0.4, -0.2) is 21.2 Å². The first-order valence-electron chi connectivity index (χ1n) is 10.5. The molecule has 0 bridgehead atoms. The van der Waals surface area contributed by atoms with Crippen LogP contribution in [0.4, 0.5) is 22.7 Å². The third kappa shape index (κ3) is 3.66. The molecule has 0 spiro atoms. The Morgan fingerprint density at radius 3 is 2.45 bits per heavy atom. The van der Waals surface area contributed by atoms with Gasteiger partial charge in [0.2, 0.25) is 8.37 Å². The van der Waals surface area contributed by atoms with Crippen molar-refractivity contribution in [3.8, 4) is 5.75 Å². The first-order valence-corrected chi connectivity index (χ1v) is 12.1. The van der Waals surface area contributed by atoms with Crippen LogP contribution in [0.2, 0.25) is 5.02 Å². The summed E-state index contributed by atoms with van der Waals surface area (Å²) < 4.78 is 13.1. The second-order valence-corrected chi connectivity index (χ2v) is 11.0. The van der Waals surface area contributed by atoms with E-state index in [0.29, 0.717) is 0 Å². The Labute approximate surface area is 181 Å². The lowest BCUT2D eigenvalue weighted by molar-refractivity contribution is 0.416. The lowest BCUT2D eigenvalue weighted by Crippen LogP contribution is -2.20. The van der Waals surface area contributed by atoms with Gasteiger partial charge in [0.05, 0.1) is 24.2 Å². The highest BCUT2D eigenvalue weighted by Gasteiger charge is 2.47. The van der Waals surface area contributed by atoms with Crippen LogP contribution < -0.4 is 18.7 Å². The van der Waals surface area contributed by atoms with Gasteiger partial charge in [-0.15, -0.1) is 0 Å². The Balaban J connectivity index is 1.62. The first kappa shape index (κ1) is 20.6. The zero-order valence-corrected chi connectivity index (χ0v) is 19.7. The number of hydrogen-bond acceptors (Lipinski definition) is 4. The van der Waals surface area contributed by atoms with Crippen molar-refractivity contribution < 1.29 is 4.74 Å². The normalized spacial score (nSPS) is 17.1. The molecule has 2 aliphatic rings. The number of aryl methyl sites for hydroxylation is 1. The van der Waals surface area contributed by atoms with Crippen LogP contribution in [0.5, 0.6) is 5.75 Å². The quantitative estimate of drug-likeness (QED) is 0.336. The fourth-order valence-corrected chi connectivity index (χ4v) is 6.92. The molecule has 2 aromatic rings. The summed E-state index contributed by atoms with van der Waals surface area (Å²) in [5, 5.41) is 0.774. The molecule has 1 unspecified atom stereocenters. The molecule has 0 amide bonds. The minimum absolute atomic E-state index is 0.680. The number of anilines is 4. The number of benzene rings is 2. The minimum atomic E-state index is -0.680. The molecule has 4 nitrogen and oxygen atoms in total. The SMILES string of the molecule is COc1cc(CCCCCC(C)C)cc2c1N1c3ccc(Cl)cc3N(C)P1N2C. The minimum Gasteiger partial charge on any atom is -0.494 e. The molecule has 0 saturated carbocycles. The van der Waals surface area contributed by atoms with Gasteiger partial charge >= 0.3 is 0 Å². The van der Waals surface area contributed by atoms with Crippen LogP contribution in [0.15, 0.2) is 30.3 Å². The standard InChI is InChI=1S/C23H31ClN3OP/c1-16(2)9-7-6-8-10-17-13-21-23(22(14-17)28-5)27-19-12-11-18(24)15-20(19)25(3)29(27)26(21)4/h11-16H,6-10H2,1-5H3. The zero-order valence-electron chi connectivity index (χ0n) is 18.1. The largest absolute Gasteiger partial charge is 0.494 e. The van der Waals surface area contributed by atoms with E-state index in [1.807, 2.05) is 6.07 Å². The van der Waals surface area contributed by atoms with Gasteiger partial charge in [0.1, 0.15) is 11.4 Å². The molecule has 0 radical (unpaired) electrons. The van der Waals surface area contributed by atoms with Crippen LogP contribution in [0.3, 0.4) is 0 Å². The molecule has 0 aliphatic carbocycles. The van der Waals surface area contributed by atoms with E-state index in [0.717, 1.165) is 23.1 Å². The topological polar surface area (TPSA) is 19.0 Å². The van der Waals surface area contributed by atoms with E-state index in [4.69, 9.17) is 16.3 Å².